The highest BCUT2D eigenvalue weighted by Gasteiger charge is 2.15. The van der Waals surface area contributed by atoms with Crippen molar-refractivity contribution in [3.05, 3.63) is 47.8 Å². The van der Waals surface area contributed by atoms with Crippen LogP contribution < -0.4 is 4.74 Å². The van der Waals surface area contributed by atoms with Crippen molar-refractivity contribution in [1.82, 2.24) is 4.98 Å². The number of fused-ring (bicyclic) bond motifs is 1. The molecule has 19 heavy (non-hydrogen) atoms. The van der Waals surface area contributed by atoms with Gasteiger partial charge >= 0.3 is 0 Å². The van der Waals surface area contributed by atoms with Crippen molar-refractivity contribution in [1.29, 1.82) is 0 Å². The monoisotopic (exact) mass is 259 g/mol. The molecule has 0 radical (unpaired) electrons. The fraction of sp³-hybridized carbons (Fsp3) is 0.250. The van der Waals surface area contributed by atoms with Crippen LogP contribution in [0.3, 0.4) is 0 Å². The molecule has 2 aromatic rings. The van der Waals surface area contributed by atoms with Gasteiger partial charge in [-0.3, -0.25) is 0 Å². The Bertz CT molecular complexity index is 652. The van der Waals surface area contributed by atoms with Gasteiger partial charge in [0, 0.05) is 5.39 Å². The van der Waals surface area contributed by atoms with Crippen molar-refractivity contribution in [2.75, 3.05) is 7.11 Å². The van der Waals surface area contributed by atoms with Crippen LogP contribution in [-0.2, 0) is 6.42 Å². The summed E-state index contributed by atoms with van der Waals surface area (Å²) >= 11 is 0. The summed E-state index contributed by atoms with van der Waals surface area (Å²) in [5.41, 5.74) is 3.17. The van der Waals surface area contributed by atoms with E-state index in [1.165, 1.54) is 6.07 Å². The highest BCUT2D eigenvalue weighted by molar-refractivity contribution is 5.97. The van der Waals surface area contributed by atoms with Crippen LogP contribution >= 0.6 is 0 Å². The van der Waals surface area contributed by atoms with Crippen LogP contribution in [0.5, 0.6) is 5.88 Å². The molecule has 0 atom stereocenters. The number of benzene rings is 1. The molecule has 0 fully saturated rings. The number of rotatable bonds is 4. The van der Waals surface area contributed by atoms with Crippen LogP contribution in [0, 0.1) is 5.82 Å². The number of ether oxygens (including phenoxy) is 1. The van der Waals surface area contributed by atoms with Crippen molar-refractivity contribution >= 4 is 16.5 Å². The van der Waals surface area contributed by atoms with Gasteiger partial charge in [0.05, 0.1) is 18.2 Å². The van der Waals surface area contributed by atoms with Gasteiger partial charge in [-0.1, -0.05) is 25.7 Å². The SMILES string of the molecule is C=C(/C=C\C)c1c(OC)[nH]c2cc(F)c(CC)cc12. The average molecular weight is 259 g/mol. The number of hydrogen-bond acceptors (Lipinski definition) is 1. The highest BCUT2D eigenvalue weighted by atomic mass is 19.1. The molecule has 0 aliphatic rings. The van der Waals surface area contributed by atoms with E-state index in [-0.39, 0.29) is 5.82 Å². The fourth-order valence-corrected chi connectivity index (χ4v) is 2.26. The highest BCUT2D eigenvalue weighted by Crippen LogP contribution is 2.35. The molecule has 1 heterocycles. The van der Waals surface area contributed by atoms with E-state index in [4.69, 9.17) is 4.74 Å². The number of allylic oxidation sites excluding steroid dienone is 3. The Morgan fingerprint density at radius 1 is 1.47 bits per heavy atom. The lowest BCUT2D eigenvalue weighted by atomic mass is 10.0. The van der Waals surface area contributed by atoms with E-state index in [9.17, 15) is 4.39 Å². The molecule has 0 unspecified atom stereocenters. The summed E-state index contributed by atoms with van der Waals surface area (Å²) in [5, 5.41) is 0.943. The minimum atomic E-state index is -0.193. The number of nitrogens with one attached hydrogen (secondary N) is 1. The molecule has 1 aromatic carbocycles. The normalized spacial score (nSPS) is 11.4. The Balaban J connectivity index is 2.75. The molecule has 2 nitrogen and oxygen atoms in total. The summed E-state index contributed by atoms with van der Waals surface area (Å²) in [6.07, 6.45) is 4.50. The molecule has 0 amide bonds. The largest absolute Gasteiger partial charge is 0.482 e. The lowest BCUT2D eigenvalue weighted by Gasteiger charge is -2.04. The van der Waals surface area contributed by atoms with Crippen LogP contribution in [0.25, 0.3) is 16.5 Å². The predicted octanol–water partition coefficient (Wildman–Crippen LogP) is 4.47. The van der Waals surface area contributed by atoms with Gasteiger partial charge in [0.1, 0.15) is 5.82 Å². The van der Waals surface area contributed by atoms with Crippen LogP contribution in [0.15, 0.2) is 30.9 Å². The lowest BCUT2D eigenvalue weighted by Crippen LogP contribution is -1.89. The first-order valence-electron chi connectivity index (χ1n) is 6.32. The molecule has 0 aliphatic heterocycles. The van der Waals surface area contributed by atoms with E-state index in [0.29, 0.717) is 17.9 Å². The van der Waals surface area contributed by atoms with Crippen LogP contribution in [0.2, 0.25) is 0 Å². The van der Waals surface area contributed by atoms with Gasteiger partial charge < -0.3 is 9.72 Å². The van der Waals surface area contributed by atoms with E-state index in [1.54, 1.807) is 7.11 Å². The van der Waals surface area contributed by atoms with Crippen molar-refractivity contribution in [3.8, 4) is 5.88 Å². The summed E-state index contributed by atoms with van der Waals surface area (Å²) < 4.78 is 19.2. The molecule has 0 aliphatic carbocycles. The maximum atomic E-state index is 13.8. The third kappa shape index (κ3) is 2.28. The number of methoxy groups -OCH3 is 1. The third-order valence-electron chi connectivity index (χ3n) is 3.21. The molecular formula is C16H18FNO. The molecule has 0 spiro atoms. The Hall–Kier alpha value is -2.03. The zero-order chi connectivity index (χ0) is 14.0. The summed E-state index contributed by atoms with van der Waals surface area (Å²) in [6.45, 7) is 7.92. The van der Waals surface area contributed by atoms with E-state index in [1.807, 2.05) is 32.1 Å². The number of aryl methyl sites for hydroxylation is 1. The second-order valence-electron chi connectivity index (χ2n) is 4.40. The number of aromatic amines is 1. The molecule has 1 N–H and O–H groups in total. The lowest BCUT2D eigenvalue weighted by molar-refractivity contribution is 0.400. The van der Waals surface area contributed by atoms with E-state index in [2.05, 4.69) is 11.6 Å². The molecule has 1 aromatic heterocycles. The predicted molar refractivity (Wildman–Crippen MR) is 78.0 cm³/mol. The summed E-state index contributed by atoms with van der Waals surface area (Å²) in [6, 6.07) is 3.39. The van der Waals surface area contributed by atoms with Crippen LogP contribution in [-0.4, -0.2) is 12.1 Å². The number of hydrogen-bond donors (Lipinski definition) is 1. The summed E-state index contributed by atoms with van der Waals surface area (Å²) in [4.78, 5) is 3.09. The maximum Gasteiger partial charge on any atom is 0.199 e. The second kappa shape index (κ2) is 5.31. The third-order valence-corrected chi connectivity index (χ3v) is 3.21. The Morgan fingerprint density at radius 2 is 2.21 bits per heavy atom. The number of halogens is 1. The first-order chi connectivity index (χ1) is 9.12. The van der Waals surface area contributed by atoms with Crippen molar-refractivity contribution < 1.29 is 9.13 Å². The van der Waals surface area contributed by atoms with Crippen molar-refractivity contribution in [2.24, 2.45) is 0 Å². The second-order valence-corrected chi connectivity index (χ2v) is 4.40. The van der Waals surface area contributed by atoms with Crippen LogP contribution in [0.4, 0.5) is 4.39 Å². The first kappa shape index (κ1) is 13.4. The van der Waals surface area contributed by atoms with Gasteiger partial charge in [-0.25, -0.2) is 4.39 Å². The smallest absolute Gasteiger partial charge is 0.199 e. The van der Waals surface area contributed by atoms with Gasteiger partial charge in [0.15, 0.2) is 5.88 Å². The van der Waals surface area contributed by atoms with Crippen molar-refractivity contribution in [3.63, 3.8) is 0 Å². The Labute approximate surface area is 112 Å². The molecule has 2 rings (SSSR count). The zero-order valence-electron chi connectivity index (χ0n) is 11.5. The number of aromatic nitrogens is 1. The average Bonchev–Trinajstić information content (AvgIpc) is 2.75. The van der Waals surface area contributed by atoms with Crippen molar-refractivity contribution in [2.45, 2.75) is 20.3 Å². The summed E-state index contributed by atoms with van der Waals surface area (Å²) in [7, 11) is 1.59. The van der Waals surface area contributed by atoms with Gasteiger partial charge in [0.2, 0.25) is 0 Å². The zero-order valence-corrected chi connectivity index (χ0v) is 11.5. The standard InChI is InChI=1S/C16H18FNO/c1-5-7-10(3)15-12-8-11(6-2)13(17)9-14(12)18-16(15)19-4/h5,7-9,18H,3,6H2,1-2,4H3/b7-5-. The number of H-pyrrole nitrogens is 1. The molecule has 100 valence electrons. The first-order valence-corrected chi connectivity index (χ1v) is 6.32. The minimum absolute atomic E-state index is 0.193. The maximum absolute atomic E-state index is 13.8. The molecule has 0 saturated heterocycles. The van der Waals surface area contributed by atoms with Gasteiger partial charge in [-0.05, 0) is 36.6 Å². The van der Waals surface area contributed by atoms with Gasteiger partial charge in [0.25, 0.3) is 0 Å². The van der Waals surface area contributed by atoms with E-state index < -0.39 is 0 Å². The van der Waals surface area contributed by atoms with E-state index in [0.717, 1.165) is 22.0 Å². The fourth-order valence-electron chi connectivity index (χ4n) is 2.26. The Morgan fingerprint density at radius 3 is 2.79 bits per heavy atom. The molecule has 0 saturated carbocycles. The molecular weight excluding hydrogens is 241 g/mol. The van der Waals surface area contributed by atoms with Gasteiger partial charge in [-0.15, -0.1) is 0 Å². The molecule has 0 bridgehead atoms. The van der Waals surface area contributed by atoms with Crippen LogP contribution in [0.1, 0.15) is 25.0 Å². The summed E-state index contributed by atoms with van der Waals surface area (Å²) in [5.74, 6) is 0.424. The Kier molecular flexibility index (Phi) is 3.74. The minimum Gasteiger partial charge on any atom is -0.482 e. The topological polar surface area (TPSA) is 25.0 Å². The molecule has 3 heteroatoms. The van der Waals surface area contributed by atoms with E-state index >= 15 is 0 Å². The van der Waals surface area contributed by atoms with Gasteiger partial charge in [-0.2, -0.15) is 0 Å². The quantitative estimate of drug-likeness (QED) is 0.805.